The van der Waals surface area contributed by atoms with Gasteiger partial charge in [-0.3, -0.25) is 4.79 Å². The van der Waals surface area contributed by atoms with Crippen LogP contribution >= 0.6 is 0 Å². The first-order chi connectivity index (χ1) is 13.1. The Balaban J connectivity index is 1.54. The molecule has 1 heterocycles. The fourth-order valence-electron chi connectivity index (χ4n) is 2.73. The molecule has 0 aliphatic heterocycles. The molecule has 7 nitrogen and oxygen atoms in total. The van der Waals surface area contributed by atoms with Crippen molar-refractivity contribution < 1.29 is 14.3 Å². The molecule has 0 saturated carbocycles. The third-order valence-corrected chi connectivity index (χ3v) is 4.26. The van der Waals surface area contributed by atoms with Gasteiger partial charge in [0.15, 0.2) is 6.10 Å². The lowest BCUT2D eigenvalue weighted by atomic mass is 10.1. The Morgan fingerprint density at radius 2 is 1.96 bits per heavy atom. The molecule has 0 bridgehead atoms. The summed E-state index contributed by atoms with van der Waals surface area (Å²) in [4.78, 5) is 24.5. The number of ether oxygens (including phenoxy) is 1. The molecule has 0 aliphatic carbocycles. The van der Waals surface area contributed by atoms with Crippen LogP contribution in [0.15, 0.2) is 48.5 Å². The molecule has 1 atom stereocenters. The largest absolute Gasteiger partial charge is 0.449 e. The average molecular weight is 366 g/mol. The summed E-state index contributed by atoms with van der Waals surface area (Å²) >= 11 is 0. The van der Waals surface area contributed by atoms with Gasteiger partial charge in [0.1, 0.15) is 5.52 Å². The molecular weight excluding hydrogens is 344 g/mol. The number of aryl methyl sites for hydroxylation is 1. The summed E-state index contributed by atoms with van der Waals surface area (Å²) in [5.41, 5.74) is 2.94. The highest BCUT2D eigenvalue weighted by atomic mass is 16.5. The van der Waals surface area contributed by atoms with Crippen molar-refractivity contribution in [2.24, 2.45) is 0 Å². The van der Waals surface area contributed by atoms with Gasteiger partial charge < -0.3 is 10.1 Å². The van der Waals surface area contributed by atoms with Crippen LogP contribution in [0.5, 0.6) is 0 Å². The van der Waals surface area contributed by atoms with Gasteiger partial charge in [0.25, 0.3) is 5.91 Å². The van der Waals surface area contributed by atoms with E-state index in [1.165, 1.54) is 0 Å². The number of fused-ring (bicyclic) bond motifs is 1. The van der Waals surface area contributed by atoms with E-state index in [2.05, 4.69) is 15.6 Å². The van der Waals surface area contributed by atoms with Gasteiger partial charge in [-0.15, -0.1) is 5.10 Å². The highest BCUT2D eigenvalue weighted by Crippen LogP contribution is 2.15. The van der Waals surface area contributed by atoms with Gasteiger partial charge in [-0.2, -0.15) is 0 Å². The molecule has 0 radical (unpaired) electrons. The van der Waals surface area contributed by atoms with Crippen molar-refractivity contribution in [3.63, 3.8) is 0 Å². The molecule has 0 fully saturated rings. The number of carbonyl (C=O) groups excluding carboxylic acids is 2. The van der Waals surface area contributed by atoms with E-state index in [0.717, 1.165) is 17.5 Å². The number of hydrogen-bond acceptors (Lipinski definition) is 5. The number of amides is 1. The predicted molar refractivity (Wildman–Crippen MR) is 101 cm³/mol. The van der Waals surface area contributed by atoms with Crippen LogP contribution in [0.4, 0.5) is 0 Å². The molecular formula is C20H22N4O3. The summed E-state index contributed by atoms with van der Waals surface area (Å²) in [6.45, 7) is 4.70. The first-order valence-electron chi connectivity index (χ1n) is 8.94. The van der Waals surface area contributed by atoms with Crippen molar-refractivity contribution in [2.75, 3.05) is 6.54 Å². The molecule has 3 aromatic rings. The van der Waals surface area contributed by atoms with Gasteiger partial charge in [0, 0.05) is 13.1 Å². The molecule has 1 aromatic heterocycles. The summed E-state index contributed by atoms with van der Waals surface area (Å²) < 4.78 is 7.02. The zero-order valence-electron chi connectivity index (χ0n) is 15.4. The molecule has 2 aromatic carbocycles. The molecule has 0 saturated heterocycles. The number of esters is 1. The van der Waals surface area contributed by atoms with Crippen LogP contribution in [-0.4, -0.2) is 39.5 Å². The van der Waals surface area contributed by atoms with E-state index in [4.69, 9.17) is 4.74 Å². The molecule has 0 aliphatic rings. The fourth-order valence-corrected chi connectivity index (χ4v) is 2.73. The average Bonchev–Trinajstić information content (AvgIpc) is 3.11. The van der Waals surface area contributed by atoms with Crippen molar-refractivity contribution in [3.05, 3.63) is 59.7 Å². The third-order valence-electron chi connectivity index (χ3n) is 4.26. The molecule has 7 heteroatoms. The second-order valence-corrected chi connectivity index (χ2v) is 6.18. The standard InChI is InChI=1S/C20H22N4O3/c1-3-24-18-10-9-16(13-17(18)22-23-24)20(26)27-14(2)19(25)21-12-11-15-7-5-4-6-8-15/h4-10,13-14H,3,11-12H2,1-2H3,(H,21,25)/t14-/m1/s1. The van der Waals surface area contributed by atoms with Crippen LogP contribution in [-0.2, 0) is 22.5 Å². The van der Waals surface area contributed by atoms with E-state index in [0.29, 0.717) is 24.2 Å². The van der Waals surface area contributed by atoms with Crippen molar-refractivity contribution >= 4 is 22.9 Å². The summed E-state index contributed by atoms with van der Waals surface area (Å²) in [6.07, 6.45) is -0.160. The maximum absolute atomic E-state index is 12.3. The van der Waals surface area contributed by atoms with Gasteiger partial charge in [0.05, 0.1) is 11.1 Å². The van der Waals surface area contributed by atoms with Crippen LogP contribution in [0.25, 0.3) is 11.0 Å². The number of hydrogen-bond donors (Lipinski definition) is 1. The topological polar surface area (TPSA) is 86.1 Å². The molecule has 140 valence electrons. The summed E-state index contributed by atoms with van der Waals surface area (Å²) in [5, 5.41) is 10.8. The molecule has 3 rings (SSSR count). The summed E-state index contributed by atoms with van der Waals surface area (Å²) in [6, 6.07) is 14.9. The van der Waals surface area contributed by atoms with Crippen molar-refractivity contribution in [2.45, 2.75) is 32.9 Å². The Hall–Kier alpha value is -3.22. The van der Waals surface area contributed by atoms with Crippen LogP contribution < -0.4 is 5.32 Å². The molecule has 0 unspecified atom stereocenters. The van der Waals surface area contributed by atoms with Gasteiger partial charge >= 0.3 is 5.97 Å². The quantitative estimate of drug-likeness (QED) is 0.649. The molecule has 0 spiro atoms. The maximum Gasteiger partial charge on any atom is 0.338 e. The summed E-state index contributed by atoms with van der Waals surface area (Å²) in [7, 11) is 0. The van der Waals surface area contributed by atoms with E-state index in [-0.39, 0.29) is 5.91 Å². The zero-order valence-corrected chi connectivity index (χ0v) is 15.4. The Kier molecular flexibility index (Phi) is 5.80. The fraction of sp³-hybridized carbons (Fsp3) is 0.300. The predicted octanol–water partition coefficient (Wildman–Crippen LogP) is 2.36. The van der Waals surface area contributed by atoms with E-state index in [1.54, 1.807) is 29.8 Å². The van der Waals surface area contributed by atoms with Crippen LogP contribution in [0.2, 0.25) is 0 Å². The number of nitrogens with zero attached hydrogens (tertiary/aromatic N) is 3. The van der Waals surface area contributed by atoms with Gasteiger partial charge in [-0.1, -0.05) is 35.5 Å². The number of carbonyl (C=O) groups is 2. The van der Waals surface area contributed by atoms with Crippen LogP contribution in [0.3, 0.4) is 0 Å². The van der Waals surface area contributed by atoms with E-state index in [1.807, 2.05) is 37.3 Å². The van der Waals surface area contributed by atoms with Gasteiger partial charge in [-0.25, -0.2) is 9.48 Å². The normalized spacial score (nSPS) is 11.9. The highest BCUT2D eigenvalue weighted by Gasteiger charge is 2.19. The lowest BCUT2D eigenvalue weighted by Crippen LogP contribution is -2.36. The molecule has 1 amide bonds. The second kappa shape index (κ2) is 8.44. The second-order valence-electron chi connectivity index (χ2n) is 6.18. The number of rotatable bonds is 7. The van der Waals surface area contributed by atoms with E-state index >= 15 is 0 Å². The zero-order chi connectivity index (χ0) is 19.2. The van der Waals surface area contributed by atoms with Crippen molar-refractivity contribution in [1.29, 1.82) is 0 Å². The van der Waals surface area contributed by atoms with Crippen molar-refractivity contribution in [1.82, 2.24) is 20.3 Å². The minimum Gasteiger partial charge on any atom is -0.449 e. The number of benzene rings is 2. The minimum absolute atomic E-state index is 0.322. The number of nitrogens with one attached hydrogen (secondary N) is 1. The Bertz CT molecular complexity index is 937. The SMILES string of the molecule is CCn1nnc2cc(C(=O)O[C@H](C)C(=O)NCCc3ccccc3)ccc21. The molecule has 1 N–H and O–H groups in total. The highest BCUT2D eigenvalue weighted by molar-refractivity contribution is 5.95. The number of aromatic nitrogens is 3. The van der Waals surface area contributed by atoms with E-state index in [9.17, 15) is 9.59 Å². The monoisotopic (exact) mass is 366 g/mol. The Labute approximate surface area is 157 Å². The first-order valence-corrected chi connectivity index (χ1v) is 8.94. The van der Waals surface area contributed by atoms with Gasteiger partial charge in [-0.05, 0) is 44.0 Å². The lowest BCUT2D eigenvalue weighted by molar-refractivity contribution is -0.129. The van der Waals surface area contributed by atoms with Gasteiger partial charge in [0.2, 0.25) is 0 Å². The first kappa shape index (κ1) is 18.6. The third kappa shape index (κ3) is 4.49. The van der Waals surface area contributed by atoms with E-state index < -0.39 is 12.1 Å². The smallest absolute Gasteiger partial charge is 0.338 e. The lowest BCUT2D eigenvalue weighted by Gasteiger charge is -2.13. The maximum atomic E-state index is 12.3. The Morgan fingerprint density at radius 1 is 1.19 bits per heavy atom. The van der Waals surface area contributed by atoms with Crippen molar-refractivity contribution in [3.8, 4) is 0 Å². The molecule has 27 heavy (non-hydrogen) atoms. The Morgan fingerprint density at radius 3 is 2.70 bits per heavy atom. The minimum atomic E-state index is -0.879. The van der Waals surface area contributed by atoms with Crippen LogP contribution in [0, 0.1) is 0 Å². The van der Waals surface area contributed by atoms with Crippen LogP contribution in [0.1, 0.15) is 29.8 Å². The summed E-state index contributed by atoms with van der Waals surface area (Å²) in [5.74, 6) is -0.883.